The molecule has 0 unspecified atom stereocenters. The summed E-state index contributed by atoms with van der Waals surface area (Å²) in [7, 11) is 1.47. The second-order valence-electron chi connectivity index (χ2n) is 4.73. The van der Waals surface area contributed by atoms with Crippen molar-refractivity contribution in [3.63, 3.8) is 0 Å². The molecular formula is C13H13BrClN5O2S. The number of amides is 1. The van der Waals surface area contributed by atoms with Gasteiger partial charge < -0.3 is 15.4 Å². The summed E-state index contributed by atoms with van der Waals surface area (Å²) < 4.78 is 29.2. The van der Waals surface area contributed by atoms with Gasteiger partial charge in [-0.1, -0.05) is 22.9 Å². The van der Waals surface area contributed by atoms with E-state index in [1.165, 1.54) is 13.3 Å². The van der Waals surface area contributed by atoms with Crippen molar-refractivity contribution in [1.82, 2.24) is 20.3 Å². The smallest absolute Gasteiger partial charge is 0.232 e. The Bertz CT molecular complexity index is 865. The molecule has 1 aliphatic heterocycles. The van der Waals surface area contributed by atoms with Gasteiger partial charge in [-0.15, -0.1) is 0 Å². The molecule has 2 aromatic rings. The van der Waals surface area contributed by atoms with Crippen LogP contribution in [0, 0.1) is 0 Å². The predicted octanol–water partition coefficient (Wildman–Crippen LogP) is 2.88. The number of nitrogens with zero attached hydrogens (tertiary/aromatic N) is 3. The molecule has 0 spiro atoms. The molecule has 1 fully saturated rings. The lowest BCUT2D eigenvalue weighted by Crippen LogP contribution is -2.32. The predicted molar refractivity (Wildman–Crippen MR) is 91.7 cm³/mol. The van der Waals surface area contributed by atoms with Crippen molar-refractivity contribution in [3.8, 4) is 5.88 Å². The molecule has 23 heavy (non-hydrogen) atoms. The summed E-state index contributed by atoms with van der Waals surface area (Å²) in [4.78, 5) is 24.7. The first-order valence-corrected chi connectivity index (χ1v) is 8.46. The topological polar surface area (TPSA) is 89.0 Å². The molecule has 10 heteroatoms. The zero-order valence-corrected chi connectivity index (χ0v) is 15.0. The maximum Gasteiger partial charge on any atom is 0.232 e. The van der Waals surface area contributed by atoms with E-state index in [9.17, 15) is 4.79 Å². The van der Waals surface area contributed by atoms with Gasteiger partial charge in [-0.25, -0.2) is 9.97 Å². The Morgan fingerprint density at radius 3 is 3.09 bits per heavy atom. The highest BCUT2D eigenvalue weighted by atomic mass is 79.9. The van der Waals surface area contributed by atoms with Crippen LogP contribution < -0.4 is 15.4 Å². The molecule has 122 valence electrons. The summed E-state index contributed by atoms with van der Waals surface area (Å²) in [5.74, 6) is -0.0607. The molecule has 1 saturated heterocycles. The van der Waals surface area contributed by atoms with E-state index in [4.69, 9.17) is 20.5 Å². The van der Waals surface area contributed by atoms with E-state index in [1.54, 1.807) is 0 Å². The largest absolute Gasteiger partial charge is 0.480 e. The number of hydrogen-bond donors (Lipinski definition) is 2. The van der Waals surface area contributed by atoms with Gasteiger partial charge in [-0.2, -0.15) is 4.98 Å². The van der Waals surface area contributed by atoms with Crippen LogP contribution in [0.4, 0.5) is 10.9 Å². The lowest BCUT2D eigenvalue weighted by atomic mass is 9.90. The lowest BCUT2D eigenvalue weighted by Gasteiger charge is -2.16. The first-order valence-electron chi connectivity index (χ1n) is 7.97. The van der Waals surface area contributed by atoms with Gasteiger partial charge in [-0.05, 0) is 29.2 Å². The van der Waals surface area contributed by atoms with Gasteiger partial charge in [0, 0.05) is 10.7 Å². The van der Waals surface area contributed by atoms with Gasteiger partial charge >= 0.3 is 0 Å². The summed E-state index contributed by atoms with van der Waals surface area (Å²) in [5, 5.41) is 5.97. The molecule has 1 atom stereocenters. The SMILES string of the molecule is [2H]C([2H])([2H])[C@@]1(c2nc(Cl)c(Nc3ncc(Br)c(OC)n3)s2)CCNC1=O. The highest BCUT2D eigenvalue weighted by Gasteiger charge is 2.42. The number of methoxy groups -OCH3 is 1. The fraction of sp³-hybridized carbons (Fsp3) is 0.385. The molecule has 0 aliphatic carbocycles. The van der Waals surface area contributed by atoms with Crippen molar-refractivity contribution < 1.29 is 13.6 Å². The fourth-order valence-corrected chi connectivity index (χ4v) is 3.67. The number of carbonyl (C=O) groups is 1. The van der Waals surface area contributed by atoms with Crippen molar-refractivity contribution >= 4 is 55.7 Å². The number of halogens is 2. The Hall–Kier alpha value is -1.45. The van der Waals surface area contributed by atoms with E-state index in [0.29, 0.717) is 15.4 Å². The fourth-order valence-electron chi connectivity index (χ4n) is 2.05. The number of ether oxygens (including phenoxy) is 1. The average Bonchev–Trinajstić information content (AvgIpc) is 3.12. The van der Waals surface area contributed by atoms with E-state index >= 15 is 0 Å². The Labute approximate surface area is 154 Å². The number of nitrogens with one attached hydrogen (secondary N) is 2. The Kier molecular flexibility index (Phi) is 3.49. The molecule has 0 bridgehead atoms. The molecule has 1 aliphatic rings. The van der Waals surface area contributed by atoms with Gasteiger partial charge in [0.05, 0.1) is 23.2 Å². The quantitative estimate of drug-likeness (QED) is 0.789. The number of anilines is 2. The standard InChI is InChI=1S/C13H13BrClN5O2S/c1-13(3-4-16-10(13)21)11-18-7(15)9(23-11)20-12-17-5-6(14)8(19-12)22-2/h5H,3-4H2,1-2H3,(H,16,21)(H,17,19,20)/t13-/m1/s1/i1D3. The van der Waals surface area contributed by atoms with Gasteiger partial charge in [-0.3, -0.25) is 4.79 Å². The number of thiazole rings is 1. The Balaban J connectivity index is 1.98. The van der Waals surface area contributed by atoms with Gasteiger partial charge in [0.15, 0.2) is 5.15 Å². The van der Waals surface area contributed by atoms with Crippen LogP contribution in [0.3, 0.4) is 0 Å². The molecule has 0 radical (unpaired) electrons. The second-order valence-corrected chi connectivity index (χ2v) is 6.94. The monoisotopic (exact) mass is 420 g/mol. The average molecular weight is 422 g/mol. The first kappa shape index (κ1) is 12.9. The molecule has 2 N–H and O–H groups in total. The van der Waals surface area contributed by atoms with Crippen LogP contribution in [-0.2, 0) is 10.2 Å². The number of rotatable bonds is 4. The van der Waals surface area contributed by atoms with Gasteiger partial charge in [0.25, 0.3) is 0 Å². The zero-order chi connectivity index (χ0) is 19.1. The van der Waals surface area contributed by atoms with Gasteiger partial charge in [0.1, 0.15) is 10.0 Å². The highest BCUT2D eigenvalue weighted by Crippen LogP contribution is 2.40. The summed E-state index contributed by atoms with van der Waals surface area (Å²) in [6.07, 6.45) is 1.62. The third-order valence-corrected chi connectivity index (χ3v) is 5.32. The molecule has 2 aromatic heterocycles. The van der Waals surface area contributed by atoms with E-state index in [0.717, 1.165) is 11.3 Å². The van der Waals surface area contributed by atoms with Crippen LogP contribution in [0.15, 0.2) is 10.7 Å². The normalized spacial score (nSPS) is 22.9. The Morgan fingerprint density at radius 2 is 2.43 bits per heavy atom. The van der Waals surface area contributed by atoms with Crippen LogP contribution in [-0.4, -0.2) is 34.5 Å². The minimum absolute atomic E-state index is 0.0406. The molecule has 3 heterocycles. The Morgan fingerprint density at radius 1 is 1.61 bits per heavy atom. The van der Waals surface area contributed by atoms with Crippen molar-refractivity contribution in [3.05, 3.63) is 20.8 Å². The van der Waals surface area contributed by atoms with Crippen LogP contribution in [0.1, 0.15) is 22.4 Å². The van der Waals surface area contributed by atoms with Gasteiger partial charge in [0.2, 0.25) is 17.7 Å². The van der Waals surface area contributed by atoms with Crippen molar-refractivity contribution in [2.75, 3.05) is 19.0 Å². The number of aromatic nitrogens is 3. The third kappa shape index (κ3) is 3.00. The molecule has 0 saturated carbocycles. The molecule has 7 nitrogen and oxygen atoms in total. The second kappa shape index (κ2) is 6.21. The maximum atomic E-state index is 12.3. The lowest BCUT2D eigenvalue weighted by molar-refractivity contribution is -0.123. The summed E-state index contributed by atoms with van der Waals surface area (Å²) in [5.41, 5.74) is -1.71. The van der Waals surface area contributed by atoms with Crippen molar-refractivity contribution in [2.45, 2.75) is 18.7 Å². The minimum atomic E-state index is -2.55. The van der Waals surface area contributed by atoms with E-state index in [2.05, 4.69) is 41.5 Å². The summed E-state index contributed by atoms with van der Waals surface area (Å²) in [6, 6.07) is 0. The summed E-state index contributed by atoms with van der Waals surface area (Å²) >= 11 is 10.4. The maximum absolute atomic E-state index is 12.3. The minimum Gasteiger partial charge on any atom is -0.480 e. The molecule has 3 rings (SSSR count). The highest BCUT2D eigenvalue weighted by molar-refractivity contribution is 9.10. The summed E-state index contributed by atoms with van der Waals surface area (Å²) in [6.45, 7) is -2.28. The first-order chi connectivity index (χ1) is 12.2. The van der Waals surface area contributed by atoms with Crippen LogP contribution in [0.25, 0.3) is 0 Å². The van der Waals surface area contributed by atoms with Crippen molar-refractivity contribution in [1.29, 1.82) is 0 Å². The van der Waals surface area contributed by atoms with E-state index < -0.39 is 18.2 Å². The number of carbonyl (C=O) groups excluding carboxylic acids is 1. The molecule has 1 amide bonds. The zero-order valence-electron chi connectivity index (χ0n) is 14.8. The van der Waals surface area contributed by atoms with Crippen molar-refractivity contribution in [2.24, 2.45) is 0 Å². The van der Waals surface area contributed by atoms with Crippen LogP contribution in [0.2, 0.25) is 5.15 Å². The third-order valence-electron chi connectivity index (χ3n) is 3.25. The van der Waals surface area contributed by atoms with Crippen LogP contribution in [0.5, 0.6) is 5.88 Å². The van der Waals surface area contributed by atoms with Crippen LogP contribution >= 0.6 is 38.9 Å². The van der Waals surface area contributed by atoms with E-state index in [-0.39, 0.29) is 29.1 Å². The van der Waals surface area contributed by atoms with E-state index in [1.807, 2.05) is 0 Å². The molecule has 0 aromatic carbocycles. The molecular weight excluding hydrogens is 406 g/mol. The number of hydrogen-bond acceptors (Lipinski definition) is 7.